The standard InChI is InChI=1S/C20H20N6O3/c1-22-18-17(11-21)19(24-12-23-18)29-15-8-6-13(7-9-15)25-20(27)26-14-4-3-5-16(10-14)28-2/h3-12,21H,1-2H3,(H,22,23,24)(H2,25,26,27). The van der Waals surface area contributed by atoms with Crippen LogP contribution in [-0.2, 0) is 0 Å². The third kappa shape index (κ3) is 4.98. The molecule has 4 N–H and O–H groups in total. The molecule has 0 atom stereocenters. The van der Waals surface area contributed by atoms with Gasteiger partial charge in [0.25, 0.3) is 0 Å². The molecule has 0 saturated heterocycles. The fraction of sp³-hybridized carbons (Fsp3) is 0.100. The minimum Gasteiger partial charge on any atom is -0.497 e. The number of ether oxygens (including phenoxy) is 2. The van der Waals surface area contributed by atoms with Gasteiger partial charge in [-0.05, 0) is 36.4 Å². The van der Waals surface area contributed by atoms with Crippen LogP contribution in [0.5, 0.6) is 17.4 Å². The van der Waals surface area contributed by atoms with Crippen molar-refractivity contribution < 1.29 is 14.3 Å². The van der Waals surface area contributed by atoms with E-state index < -0.39 is 0 Å². The minimum atomic E-state index is -0.382. The van der Waals surface area contributed by atoms with E-state index in [9.17, 15) is 4.79 Å². The molecular formula is C20H20N6O3. The van der Waals surface area contributed by atoms with E-state index in [1.165, 1.54) is 6.33 Å². The van der Waals surface area contributed by atoms with Gasteiger partial charge in [-0.15, -0.1) is 0 Å². The number of methoxy groups -OCH3 is 1. The number of rotatable bonds is 7. The van der Waals surface area contributed by atoms with Crippen LogP contribution in [0.3, 0.4) is 0 Å². The van der Waals surface area contributed by atoms with Crippen molar-refractivity contribution in [2.45, 2.75) is 0 Å². The van der Waals surface area contributed by atoms with Crippen molar-refractivity contribution in [3.63, 3.8) is 0 Å². The molecule has 9 nitrogen and oxygen atoms in total. The highest BCUT2D eigenvalue weighted by Gasteiger charge is 2.11. The zero-order chi connectivity index (χ0) is 20.6. The Kier molecular flexibility index (Phi) is 6.21. The van der Waals surface area contributed by atoms with Gasteiger partial charge >= 0.3 is 6.03 Å². The zero-order valence-corrected chi connectivity index (χ0v) is 15.9. The monoisotopic (exact) mass is 392 g/mol. The molecule has 0 aliphatic rings. The predicted molar refractivity (Wildman–Crippen MR) is 112 cm³/mol. The minimum absolute atomic E-state index is 0.260. The summed E-state index contributed by atoms with van der Waals surface area (Å²) in [7, 11) is 3.27. The second-order valence-electron chi connectivity index (χ2n) is 5.77. The number of nitrogens with zero attached hydrogens (tertiary/aromatic N) is 2. The molecule has 0 saturated carbocycles. The summed E-state index contributed by atoms with van der Waals surface area (Å²) >= 11 is 0. The van der Waals surface area contributed by atoms with Crippen molar-refractivity contribution in [2.75, 3.05) is 30.1 Å². The molecule has 9 heteroatoms. The maximum absolute atomic E-state index is 12.2. The molecule has 148 valence electrons. The van der Waals surface area contributed by atoms with E-state index in [1.54, 1.807) is 62.7 Å². The zero-order valence-electron chi connectivity index (χ0n) is 15.9. The van der Waals surface area contributed by atoms with E-state index in [0.717, 1.165) is 6.21 Å². The van der Waals surface area contributed by atoms with E-state index in [0.29, 0.717) is 34.3 Å². The Hall–Kier alpha value is -4.14. The molecule has 0 aliphatic carbocycles. The summed E-state index contributed by atoms with van der Waals surface area (Å²) in [5.74, 6) is 1.92. The fourth-order valence-corrected chi connectivity index (χ4v) is 2.50. The smallest absolute Gasteiger partial charge is 0.323 e. The summed E-state index contributed by atoms with van der Waals surface area (Å²) in [6.45, 7) is 0. The van der Waals surface area contributed by atoms with E-state index in [2.05, 4.69) is 25.9 Å². The maximum atomic E-state index is 12.2. The average molecular weight is 392 g/mol. The van der Waals surface area contributed by atoms with Crippen molar-refractivity contribution in [2.24, 2.45) is 0 Å². The fourth-order valence-electron chi connectivity index (χ4n) is 2.50. The molecule has 0 unspecified atom stereocenters. The number of urea groups is 1. The number of carbonyl (C=O) groups excluding carboxylic acids is 1. The molecule has 0 spiro atoms. The number of nitrogens with one attached hydrogen (secondary N) is 4. The molecule has 29 heavy (non-hydrogen) atoms. The maximum Gasteiger partial charge on any atom is 0.323 e. The van der Waals surface area contributed by atoms with Gasteiger partial charge < -0.3 is 30.8 Å². The van der Waals surface area contributed by atoms with Gasteiger partial charge in [-0.3, -0.25) is 0 Å². The third-order valence-electron chi connectivity index (χ3n) is 3.88. The molecule has 0 fully saturated rings. The number of anilines is 3. The quantitative estimate of drug-likeness (QED) is 0.452. The van der Waals surface area contributed by atoms with E-state index in [1.807, 2.05) is 0 Å². The molecular weight excluding hydrogens is 372 g/mol. The second-order valence-corrected chi connectivity index (χ2v) is 5.77. The van der Waals surface area contributed by atoms with Gasteiger partial charge in [0, 0.05) is 30.7 Å². The number of amides is 2. The van der Waals surface area contributed by atoms with Gasteiger partial charge in [-0.25, -0.2) is 14.8 Å². The van der Waals surface area contributed by atoms with Gasteiger partial charge in [0.2, 0.25) is 5.88 Å². The van der Waals surface area contributed by atoms with Crippen molar-refractivity contribution in [1.29, 1.82) is 5.41 Å². The lowest BCUT2D eigenvalue weighted by molar-refractivity contribution is 0.262. The average Bonchev–Trinajstić information content (AvgIpc) is 2.75. The highest BCUT2D eigenvalue weighted by atomic mass is 16.5. The lowest BCUT2D eigenvalue weighted by Crippen LogP contribution is -2.19. The van der Waals surface area contributed by atoms with Gasteiger partial charge in [-0.1, -0.05) is 6.07 Å². The van der Waals surface area contributed by atoms with E-state index >= 15 is 0 Å². The first-order valence-electron chi connectivity index (χ1n) is 8.66. The lowest BCUT2D eigenvalue weighted by atomic mass is 10.3. The Bertz CT molecular complexity index is 1010. The first kappa shape index (κ1) is 19.6. The third-order valence-corrected chi connectivity index (χ3v) is 3.88. The van der Waals surface area contributed by atoms with Gasteiger partial charge in [0.15, 0.2) is 0 Å². The van der Waals surface area contributed by atoms with Crippen LogP contribution < -0.4 is 25.4 Å². The molecule has 1 heterocycles. The Morgan fingerprint density at radius 3 is 2.48 bits per heavy atom. The first-order chi connectivity index (χ1) is 14.1. The van der Waals surface area contributed by atoms with Gasteiger partial charge in [0.1, 0.15) is 23.6 Å². The Balaban J connectivity index is 1.64. The second kappa shape index (κ2) is 9.18. The normalized spacial score (nSPS) is 10.0. The van der Waals surface area contributed by atoms with Crippen LogP contribution in [0.1, 0.15) is 5.56 Å². The summed E-state index contributed by atoms with van der Waals surface area (Å²) in [6, 6.07) is 13.5. The Labute approximate surface area is 167 Å². The van der Waals surface area contributed by atoms with Gasteiger partial charge in [0.05, 0.1) is 12.7 Å². The first-order valence-corrected chi connectivity index (χ1v) is 8.66. The summed E-state index contributed by atoms with van der Waals surface area (Å²) in [4.78, 5) is 20.3. The summed E-state index contributed by atoms with van der Waals surface area (Å²) < 4.78 is 10.9. The van der Waals surface area contributed by atoms with Crippen LogP contribution in [0.4, 0.5) is 22.0 Å². The topological polar surface area (TPSA) is 121 Å². The largest absolute Gasteiger partial charge is 0.497 e. The lowest BCUT2D eigenvalue weighted by Gasteiger charge is -2.11. The number of aromatic nitrogens is 2. The highest BCUT2D eigenvalue weighted by molar-refractivity contribution is 5.99. The molecule has 1 aromatic heterocycles. The van der Waals surface area contributed by atoms with Crippen LogP contribution in [0, 0.1) is 5.41 Å². The number of hydrogen-bond donors (Lipinski definition) is 4. The number of benzene rings is 2. The van der Waals surface area contributed by atoms with Crippen LogP contribution in [-0.4, -0.2) is 36.4 Å². The van der Waals surface area contributed by atoms with Crippen molar-refractivity contribution in [3.8, 4) is 17.4 Å². The van der Waals surface area contributed by atoms with Crippen LogP contribution in [0.25, 0.3) is 0 Å². The van der Waals surface area contributed by atoms with Crippen LogP contribution >= 0.6 is 0 Å². The van der Waals surface area contributed by atoms with E-state index in [4.69, 9.17) is 14.9 Å². The van der Waals surface area contributed by atoms with Crippen LogP contribution in [0.2, 0.25) is 0 Å². The summed E-state index contributed by atoms with van der Waals surface area (Å²) in [6.07, 6.45) is 2.48. The molecule has 2 aromatic carbocycles. The number of hydrogen-bond acceptors (Lipinski definition) is 7. The molecule has 0 radical (unpaired) electrons. The Morgan fingerprint density at radius 1 is 1.03 bits per heavy atom. The Morgan fingerprint density at radius 2 is 1.79 bits per heavy atom. The SMILES string of the molecule is CNc1ncnc(Oc2ccc(NC(=O)Nc3cccc(OC)c3)cc2)c1C=N. The van der Waals surface area contributed by atoms with Crippen molar-refractivity contribution >= 4 is 29.4 Å². The van der Waals surface area contributed by atoms with Gasteiger partial charge in [-0.2, -0.15) is 0 Å². The van der Waals surface area contributed by atoms with E-state index in [-0.39, 0.29) is 11.9 Å². The molecule has 2 amide bonds. The van der Waals surface area contributed by atoms with Crippen molar-refractivity contribution in [3.05, 3.63) is 60.4 Å². The molecule has 0 aliphatic heterocycles. The number of carbonyl (C=O) groups is 1. The van der Waals surface area contributed by atoms with Crippen molar-refractivity contribution in [1.82, 2.24) is 9.97 Å². The molecule has 3 rings (SSSR count). The molecule has 3 aromatic rings. The highest BCUT2D eigenvalue weighted by Crippen LogP contribution is 2.26. The summed E-state index contributed by atoms with van der Waals surface area (Å²) in [5.41, 5.74) is 1.64. The summed E-state index contributed by atoms with van der Waals surface area (Å²) in [5, 5.41) is 15.9. The molecule has 0 bridgehead atoms. The van der Waals surface area contributed by atoms with Crippen LogP contribution in [0.15, 0.2) is 54.9 Å². The predicted octanol–water partition coefficient (Wildman–Crippen LogP) is 3.96.